The van der Waals surface area contributed by atoms with Crippen LogP contribution in [-0.4, -0.2) is 21.0 Å². The molecule has 0 aliphatic carbocycles. The van der Waals surface area contributed by atoms with E-state index in [1.165, 1.54) is 11.3 Å². The summed E-state index contributed by atoms with van der Waals surface area (Å²) >= 11 is 13.9. The molecule has 4 rings (SSSR count). The maximum absolute atomic E-state index is 11.5. The number of carboxylic acids is 1. The Morgan fingerprint density at radius 3 is 2.40 bits per heavy atom. The van der Waals surface area contributed by atoms with Crippen molar-refractivity contribution in [2.75, 3.05) is 0 Å². The van der Waals surface area contributed by atoms with Crippen LogP contribution >= 0.6 is 34.5 Å². The van der Waals surface area contributed by atoms with Crippen molar-refractivity contribution in [3.05, 3.63) is 104 Å². The number of aromatic nitrogens is 2. The molecule has 4 aromatic rings. The minimum absolute atomic E-state index is 0.118. The lowest BCUT2D eigenvalue weighted by molar-refractivity contribution is -0.136. The van der Waals surface area contributed by atoms with E-state index in [2.05, 4.69) is 4.98 Å². The largest absolute Gasteiger partial charge is 0.481 e. The van der Waals surface area contributed by atoms with Crippen molar-refractivity contribution in [2.24, 2.45) is 0 Å². The number of aliphatic carboxylic acids is 1. The fraction of sp³-hybridized carbons (Fsp3) is 0.0870. The quantitative estimate of drug-likeness (QED) is 0.370. The molecule has 1 N–H and O–H groups in total. The highest BCUT2D eigenvalue weighted by Gasteiger charge is 2.26. The van der Waals surface area contributed by atoms with Gasteiger partial charge >= 0.3 is 5.97 Å². The van der Waals surface area contributed by atoms with Crippen LogP contribution in [0.2, 0.25) is 10.0 Å². The lowest BCUT2D eigenvalue weighted by Gasteiger charge is -2.15. The Hall–Kier alpha value is -2.73. The predicted molar refractivity (Wildman–Crippen MR) is 121 cm³/mol. The van der Waals surface area contributed by atoms with Crippen LogP contribution in [0.3, 0.4) is 0 Å². The van der Waals surface area contributed by atoms with Gasteiger partial charge in [-0.1, -0.05) is 65.7 Å². The van der Waals surface area contributed by atoms with Crippen molar-refractivity contribution in [3.63, 3.8) is 0 Å². The zero-order chi connectivity index (χ0) is 21.1. The molecule has 0 radical (unpaired) electrons. The highest BCUT2D eigenvalue weighted by atomic mass is 35.5. The van der Waals surface area contributed by atoms with E-state index in [-0.39, 0.29) is 12.3 Å². The van der Waals surface area contributed by atoms with E-state index >= 15 is 0 Å². The van der Waals surface area contributed by atoms with Crippen molar-refractivity contribution in [1.82, 2.24) is 9.97 Å². The van der Waals surface area contributed by atoms with Crippen molar-refractivity contribution in [1.29, 1.82) is 0 Å². The Morgan fingerprint density at radius 2 is 1.73 bits per heavy atom. The first-order chi connectivity index (χ1) is 14.5. The van der Waals surface area contributed by atoms with Gasteiger partial charge in [0.25, 0.3) is 0 Å². The second-order valence-corrected chi connectivity index (χ2v) is 8.57. The first-order valence-electron chi connectivity index (χ1n) is 9.15. The Kier molecular flexibility index (Phi) is 6.13. The molecule has 0 bridgehead atoms. The van der Waals surface area contributed by atoms with Crippen molar-refractivity contribution in [2.45, 2.75) is 12.3 Å². The van der Waals surface area contributed by atoms with Gasteiger partial charge in [0.15, 0.2) is 0 Å². The molecule has 4 nitrogen and oxygen atoms in total. The number of hydrogen-bond acceptors (Lipinski definition) is 4. The van der Waals surface area contributed by atoms with E-state index in [0.717, 1.165) is 16.1 Å². The summed E-state index contributed by atoms with van der Waals surface area (Å²) in [7, 11) is 0. The van der Waals surface area contributed by atoms with Crippen LogP contribution in [0.5, 0.6) is 0 Å². The average molecular weight is 455 g/mol. The second kappa shape index (κ2) is 8.96. The molecule has 30 heavy (non-hydrogen) atoms. The van der Waals surface area contributed by atoms with Gasteiger partial charge in [0.1, 0.15) is 5.01 Å². The standard InChI is InChI=1S/C23H16Cl2N2O2S/c24-16-10-8-15(9-11-16)21-18(13-19(28)29)30-23(27-21)20(14-5-2-1-3-6-14)22-17(25)7-4-12-26-22/h1-12,20H,13H2,(H,28,29). The van der Waals surface area contributed by atoms with Crippen LogP contribution in [0.25, 0.3) is 11.3 Å². The number of pyridine rings is 1. The van der Waals surface area contributed by atoms with Gasteiger partial charge in [0, 0.05) is 21.7 Å². The fourth-order valence-electron chi connectivity index (χ4n) is 3.26. The minimum atomic E-state index is -0.910. The van der Waals surface area contributed by atoms with Gasteiger partial charge in [-0.3, -0.25) is 9.78 Å². The smallest absolute Gasteiger partial charge is 0.308 e. The molecule has 0 aliphatic rings. The number of carboxylic acid groups (broad SMARTS) is 1. The van der Waals surface area contributed by atoms with E-state index in [0.29, 0.717) is 26.3 Å². The predicted octanol–water partition coefficient (Wildman–Crippen LogP) is 6.32. The molecule has 0 aliphatic heterocycles. The number of nitrogens with zero attached hydrogens (tertiary/aromatic N) is 2. The molecule has 0 saturated carbocycles. The molecule has 0 saturated heterocycles. The highest BCUT2D eigenvalue weighted by molar-refractivity contribution is 7.12. The second-order valence-electron chi connectivity index (χ2n) is 6.62. The van der Waals surface area contributed by atoms with Crippen LogP contribution in [0.15, 0.2) is 72.9 Å². The third-order valence-corrected chi connectivity index (χ3v) is 6.28. The summed E-state index contributed by atoms with van der Waals surface area (Å²) in [5, 5.41) is 11.3. The third-order valence-electron chi connectivity index (χ3n) is 4.58. The molecule has 0 fully saturated rings. The molecule has 0 amide bonds. The summed E-state index contributed by atoms with van der Waals surface area (Å²) in [5.74, 6) is -1.22. The summed E-state index contributed by atoms with van der Waals surface area (Å²) in [6.07, 6.45) is 1.58. The molecule has 2 aromatic heterocycles. The third kappa shape index (κ3) is 4.38. The monoisotopic (exact) mass is 454 g/mol. The molecule has 2 aromatic carbocycles. The molecule has 2 heterocycles. The molecule has 1 atom stereocenters. The molecule has 7 heteroatoms. The molecule has 1 unspecified atom stereocenters. The SMILES string of the molecule is O=C(O)Cc1sc(C(c2ccccc2)c2ncccc2Cl)nc1-c1ccc(Cl)cc1. The Morgan fingerprint density at radius 1 is 1.00 bits per heavy atom. The van der Waals surface area contributed by atoms with Gasteiger partial charge in [0.05, 0.1) is 28.7 Å². The van der Waals surface area contributed by atoms with Gasteiger partial charge in [0.2, 0.25) is 0 Å². The number of rotatable bonds is 6. The summed E-state index contributed by atoms with van der Waals surface area (Å²) in [6, 6.07) is 20.6. The van der Waals surface area contributed by atoms with Gasteiger partial charge in [-0.25, -0.2) is 4.98 Å². The van der Waals surface area contributed by atoms with Gasteiger partial charge in [-0.2, -0.15) is 0 Å². The number of halogens is 2. The van der Waals surface area contributed by atoms with Crippen LogP contribution in [0.4, 0.5) is 0 Å². The van der Waals surface area contributed by atoms with Crippen LogP contribution in [-0.2, 0) is 11.2 Å². The zero-order valence-electron chi connectivity index (χ0n) is 15.6. The number of carbonyl (C=O) groups is 1. The Labute approximate surface area is 187 Å². The normalized spacial score (nSPS) is 11.9. The first-order valence-corrected chi connectivity index (χ1v) is 10.7. The lowest BCUT2D eigenvalue weighted by atomic mass is 9.95. The van der Waals surface area contributed by atoms with E-state index in [1.807, 2.05) is 42.5 Å². The Balaban J connectivity index is 1.90. The van der Waals surface area contributed by atoms with E-state index in [4.69, 9.17) is 28.2 Å². The van der Waals surface area contributed by atoms with E-state index in [9.17, 15) is 9.90 Å². The lowest BCUT2D eigenvalue weighted by Crippen LogP contribution is -2.06. The highest BCUT2D eigenvalue weighted by Crippen LogP contribution is 2.40. The fourth-order valence-corrected chi connectivity index (χ4v) is 4.82. The molecular formula is C23H16Cl2N2O2S. The Bertz CT molecular complexity index is 1180. The molecule has 0 spiro atoms. The van der Waals surface area contributed by atoms with Gasteiger partial charge in [-0.15, -0.1) is 11.3 Å². The van der Waals surface area contributed by atoms with Gasteiger partial charge < -0.3 is 5.11 Å². The zero-order valence-corrected chi connectivity index (χ0v) is 18.0. The minimum Gasteiger partial charge on any atom is -0.481 e. The van der Waals surface area contributed by atoms with E-state index < -0.39 is 5.97 Å². The first kappa shape index (κ1) is 20.5. The maximum Gasteiger partial charge on any atom is 0.308 e. The molecule has 150 valence electrons. The van der Waals surface area contributed by atoms with Crippen LogP contribution in [0, 0.1) is 0 Å². The number of hydrogen-bond donors (Lipinski definition) is 1. The van der Waals surface area contributed by atoms with Crippen LogP contribution < -0.4 is 0 Å². The van der Waals surface area contributed by atoms with E-state index in [1.54, 1.807) is 30.5 Å². The van der Waals surface area contributed by atoms with Crippen molar-refractivity contribution < 1.29 is 9.90 Å². The van der Waals surface area contributed by atoms with Crippen LogP contribution in [0.1, 0.15) is 27.1 Å². The summed E-state index contributed by atoms with van der Waals surface area (Å²) < 4.78 is 0. The topological polar surface area (TPSA) is 63.1 Å². The maximum atomic E-state index is 11.5. The summed E-state index contributed by atoms with van der Waals surface area (Å²) in [6.45, 7) is 0. The van der Waals surface area contributed by atoms with Crippen molar-refractivity contribution in [3.8, 4) is 11.3 Å². The van der Waals surface area contributed by atoms with Crippen molar-refractivity contribution >= 4 is 40.5 Å². The number of benzene rings is 2. The number of thiazole rings is 1. The summed E-state index contributed by atoms with van der Waals surface area (Å²) in [4.78, 5) is 21.6. The summed E-state index contributed by atoms with van der Waals surface area (Å²) in [5.41, 5.74) is 3.12. The molecular weight excluding hydrogens is 439 g/mol. The van der Waals surface area contributed by atoms with Gasteiger partial charge in [-0.05, 0) is 29.8 Å². The average Bonchev–Trinajstić information content (AvgIpc) is 3.13.